The van der Waals surface area contributed by atoms with Crippen LogP contribution >= 0.6 is 12.2 Å². The van der Waals surface area contributed by atoms with E-state index >= 15 is 0 Å². The van der Waals surface area contributed by atoms with Crippen LogP contribution in [0.15, 0.2) is 91.0 Å². The summed E-state index contributed by atoms with van der Waals surface area (Å²) in [5.74, 6) is 0. The molecule has 0 bridgehead atoms. The van der Waals surface area contributed by atoms with E-state index in [4.69, 9.17) is 18.0 Å². The van der Waals surface area contributed by atoms with Crippen molar-refractivity contribution in [3.63, 3.8) is 0 Å². The van der Waals surface area contributed by atoms with E-state index < -0.39 is 0 Å². The zero-order valence-electron chi connectivity index (χ0n) is 12.9. The van der Waals surface area contributed by atoms with Gasteiger partial charge in [-0.15, -0.1) is 0 Å². The first-order valence-electron chi connectivity index (χ1n) is 7.68. The van der Waals surface area contributed by atoms with Gasteiger partial charge in [-0.05, 0) is 16.7 Å². The average molecular weight is 317 g/mol. The van der Waals surface area contributed by atoms with Crippen molar-refractivity contribution in [2.45, 2.75) is 11.8 Å². The van der Waals surface area contributed by atoms with Gasteiger partial charge in [0.2, 0.25) is 0 Å². The molecule has 2 heteroatoms. The van der Waals surface area contributed by atoms with Gasteiger partial charge in [-0.1, -0.05) is 103 Å². The van der Waals surface area contributed by atoms with Gasteiger partial charge in [0, 0.05) is 6.42 Å². The molecule has 0 heterocycles. The molecule has 0 spiro atoms. The molecule has 0 saturated carbocycles. The third-order valence-electron chi connectivity index (χ3n) is 4.24. The molecule has 0 radical (unpaired) electrons. The van der Waals surface area contributed by atoms with Crippen LogP contribution in [0.4, 0.5) is 0 Å². The van der Waals surface area contributed by atoms with Crippen molar-refractivity contribution in [2.75, 3.05) is 0 Å². The van der Waals surface area contributed by atoms with Crippen LogP contribution in [0.2, 0.25) is 0 Å². The van der Waals surface area contributed by atoms with Gasteiger partial charge in [-0.3, -0.25) is 0 Å². The predicted molar refractivity (Wildman–Crippen MR) is 101 cm³/mol. The summed E-state index contributed by atoms with van der Waals surface area (Å²) in [6.45, 7) is 0. The van der Waals surface area contributed by atoms with E-state index in [2.05, 4.69) is 72.8 Å². The smallest absolute Gasteiger partial charge is 0.0743 e. The molecule has 0 atom stereocenters. The fourth-order valence-corrected chi connectivity index (χ4v) is 3.45. The number of rotatable bonds is 5. The Morgan fingerprint density at radius 3 is 1.22 bits per heavy atom. The molecule has 0 aliphatic carbocycles. The first-order valence-corrected chi connectivity index (χ1v) is 8.09. The van der Waals surface area contributed by atoms with E-state index in [0.717, 1.165) is 0 Å². The topological polar surface area (TPSA) is 26.0 Å². The number of benzene rings is 3. The summed E-state index contributed by atoms with van der Waals surface area (Å²) in [6, 6.07) is 31.4. The monoisotopic (exact) mass is 317 g/mol. The largest absolute Gasteiger partial charge is 0.393 e. The van der Waals surface area contributed by atoms with Gasteiger partial charge < -0.3 is 5.73 Å². The molecule has 0 aliphatic rings. The van der Waals surface area contributed by atoms with Gasteiger partial charge in [0.15, 0.2) is 0 Å². The van der Waals surface area contributed by atoms with E-state index in [1.54, 1.807) is 0 Å². The fourth-order valence-electron chi connectivity index (χ4n) is 3.24. The molecule has 0 saturated heterocycles. The van der Waals surface area contributed by atoms with Gasteiger partial charge >= 0.3 is 0 Å². The van der Waals surface area contributed by atoms with Crippen LogP contribution in [-0.2, 0) is 5.41 Å². The summed E-state index contributed by atoms with van der Waals surface area (Å²) in [7, 11) is 0. The van der Waals surface area contributed by atoms with Crippen molar-refractivity contribution in [3.8, 4) is 0 Å². The molecule has 3 aromatic rings. The molecular formula is C21H19NS. The molecule has 0 fully saturated rings. The predicted octanol–water partition coefficient (Wildman–Crippen LogP) is 4.70. The lowest BCUT2D eigenvalue weighted by molar-refractivity contribution is 0.647. The summed E-state index contributed by atoms with van der Waals surface area (Å²) in [5.41, 5.74) is 9.25. The van der Waals surface area contributed by atoms with Crippen LogP contribution in [0.5, 0.6) is 0 Å². The summed E-state index contributed by atoms with van der Waals surface area (Å²) in [4.78, 5) is 0.515. The Kier molecular flexibility index (Phi) is 4.54. The molecule has 3 aromatic carbocycles. The third-order valence-corrected chi connectivity index (χ3v) is 4.38. The highest BCUT2D eigenvalue weighted by Gasteiger charge is 2.36. The highest BCUT2D eigenvalue weighted by Crippen LogP contribution is 2.42. The molecule has 114 valence electrons. The Labute approximate surface area is 142 Å². The normalized spacial score (nSPS) is 11.1. The highest BCUT2D eigenvalue weighted by molar-refractivity contribution is 7.80. The van der Waals surface area contributed by atoms with Crippen molar-refractivity contribution in [3.05, 3.63) is 108 Å². The van der Waals surface area contributed by atoms with Crippen LogP contribution in [0.3, 0.4) is 0 Å². The third kappa shape index (κ3) is 3.03. The molecular weight excluding hydrogens is 298 g/mol. The Bertz CT molecular complexity index is 670. The van der Waals surface area contributed by atoms with E-state index in [-0.39, 0.29) is 5.41 Å². The molecule has 0 aliphatic heterocycles. The van der Waals surface area contributed by atoms with E-state index in [9.17, 15) is 0 Å². The Morgan fingerprint density at radius 2 is 0.957 bits per heavy atom. The fraction of sp³-hybridized carbons (Fsp3) is 0.0952. The van der Waals surface area contributed by atoms with Gasteiger partial charge in [0.25, 0.3) is 0 Å². The minimum absolute atomic E-state index is 0.365. The number of hydrogen-bond acceptors (Lipinski definition) is 1. The number of hydrogen-bond donors (Lipinski definition) is 1. The Morgan fingerprint density at radius 1 is 0.652 bits per heavy atom. The minimum Gasteiger partial charge on any atom is -0.393 e. The van der Waals surface area contributed by atoms with Crippen molar-refractivity contribution in [2.24, 2.45) is 5.73 Å². The lowest BCUT2D eigenvalue weighted by Gasteiger charge is -2.35. The summed E-state index contributed by atoms with van der Waals surface area (Å²) < 4.78 is 0. The highest BCUT2D eigenvalue weighted by atomic mass is 32.1. The molecule has 2 N–H and O–H groups in total. The van der Waals surface area contributed by atoms with Crippen LogP contribution in [0, 0.1) is 0 Å². The molecule has 0 unspecified atom stereocenters. The minimum atomic E-state index is -0.365. The molecule has 1 nitrogen and oxygen atoms in total. The van der Waals surface area contributed by atoms with Gasteiger partial charge in [-0.25, -0.2) is 0 Å². The molecule has 3 rings (SSSR count). The zero-order valence-corrected chi connectivity index (χ0v) is 13.7. The zero-order chi connectivity index (χ0) is 16.1. The van der Waals surface area contributed by atoms with Crippen LogP contribution < -0.4 is 5.73 Å². The van der Waals surface area contributed by atoms with Crippen molar-refractivity contribution in [1.29, 1.82) is 0 Å². The van der Waals surface area contributed by atoms with Crippen LogP contribution in [0.1, 0.15) is 23.1 Å². The molecule has 23 heavy (non-hydrogen) atoms. The lowest BCUT2D eigenvalue weighted by Crippen LogP contribution is -2.34. The van der Waals surface area contributed by atoms with E-state index in [0.29, 0.717) is 11.4 Å². The second kappa shape index (κ2) is 6.76. The van der Waals surface area contributed by atoms with E-state index in [1.807, 2.05) is 18.2 Å². The van der Waals surface area contributed by atoms with Crippen LogP contribution in [0.25, 0.3) is 0 Å². The maximum Gasteiger partial charge on any atom is 0.0743 e. The number of nitrogens with two attached hydrogens (primary N) is 1. The number of thiocarbonyl (C=S) groups is 1. The second-order valence-corrected chi connectivity index (χ2v) is 6.17. The van der Waals surface area contributed by atoms with Gasteiger partial charge in [0.1, 0.15) is 0 Å². The second-order valence-electron chi connectivity index (χ2n) is 5.65. The maximum absolute atomic E-state index is 6.02. The Hall–Kier alpha value is -2.45. The standard InChI is InChI=1S/C21H19NS/c22-20(23)16-21(17-10-4-1-5-11-17,18-12-6-2-7-13-18)19-14-8-3-9-15-19/h1-15H,16H2,(H2,22,23). The molecule has 0 aromatic heterocycles. The van der Waals surface area contributed by atoms with Gasteiger partial charge in [0.05, 0.1) is 10.4 Å². The first kappa shape index (κ1) is 15.4. The Balaban J connectivity index is 2.32. The maximum atomic E-state index is 6.02. The quantitative estimate of drug-likeness (QED) is 0.545. The van der Waals surface area contributed by atoms with Crippen LogP contribution in [-0.4, -0.2) is 4.99 Å². The SMILES string of the molecule is NC(=S)CC(c1ccccc1)(c1ccccc1)c1ccccc1. The summed E-state index contributed by atoms with van der Waals surface area (Å²) in [5, 5.41) is 0. The average Bonchev–Trinajstić information content (AvgIpc) is 2.62. The van der Waals surface area contributed by atoms with E-state index in [1.165, 1.54) is 16.7 Å². The van der Waals surface area contributed by atoms with Gasteiger partial charge in [-0.2, -0.15) is 0 Å². The summed E-state index contributed by atoms with van der Waals surface area (Å²) in [6.07, 6.45) is 0.598. The first-order chi connectivity index (χ1) is 11.2. The molecule has 0 amide bonds. The van der Waals surface area contributed by atoms with Crippen molar-refractivity contribution in [1.82, 2.24) is 0 Å². The lowest BCUT2D eigenvalue weighted by atomic mass is 9.67. The van der Waals surface area contributed by atoms with Crippen molar-refractivity contribution < 1.29 is 0 Å². The summed E-state index contributed by atoms with van der Waals surface area (Å²) >= 11 is 5.32. The van der Waals surface area contributed by atoms with Crippen molar-refractivity contribution >= 4 is 17.2 Å².